The van der Waals surface area contributed by atoms with E-state index in [1.165, 1.54) is 0 Å². The highest BCUT2D eigenvalue weighted by atomic mass is 15.0. The number of fused-ring (bicyclic) bond motifs is 2. The summed E-state index contributed by atoms with van der Waals surface area (Å²) in [4.78, 5) is 6.60. The van der Waals surface area contributed by atoms with Crippen LogP contribution in [0, 0.1) is 41.7 Å². The van der Waals surface area contributed by atoms with Crippen LogP contribution in [-0.4, -0.2) is 6.04 Å². The summed E-state index contributed by atoms with van der Waals surface area (Å²) in [7, 11) is 0. The SMILES string of the molecule is [C-]#[N+]/C(C#N)=C1\C=CNC2=C1C=CC1/C(=C(/C#N)[N+]#[C-])C=CNC21. The number of dihydropyridines is 1. The quantitative estimate of drug-likeness (QED) is 0.532. The molecule has 2 aliphatic heterocycles. The van der Waals surface area contributed by atoms with E-state index in [-0.39, 0.29) is 23.4 Å². The number of nitrogens with zero attached hydrogens (tertiary/aromatic N) is 4. The van der Waals surface area contributed by atoms with Crippen LogP contribution in [0.5, 0.6) is 0 Å². The van der Waals surface area contributed by atoms with Crippen molar-refractivity contribution in [3.63, 3.8) is 0 Å². The third kappa shape index (κ3) is 2.17. The zero-order valence-corrected chi connectivity index (χ0v) is 12.4. The third-order valence-corrected chi connectivity index (χ3v) is 4.07. The molecule has 3 aliphatic rings. The summed E-state index contributed by atoms with van der Waals surface area (Å²) in [6, 6.07) is 3.67. The minimum absolute atomic E-state index is 0.0318. The van der Waals surface area contributed by atoms with Gasteiger partial charge in [0.25, 0.3) is 11.4 Å². The van der Waals surface area contributed by atoms with Crippen molar-refractivity contribution in [1.82, 2.24) is 10.6 Å². The van der Waals surface area contributed by atoms with Gasteiger partial charge in [-0.15, -0.1) is 0 Å². The molecule has 0 amide bonds. The van der Waals surface area contributed by atoms with Gasteiger partial charge in [-0.05, 0) is 23.4 Å². The molecule has 3 rings (SSSR count). The van der Waals surface area contributed by atoms with Crippen molar-refractivity contribution in [2.75, 3.05) is 0 Å². The van der Waals surface area contributed by atoms with Crippen LogP contribution in [0.2, 0.25) is 0 Å². The molecule has 0 saturated heterocycles. The molecule has 2 heterocycles. The van der Waals surface area contributed by atoms with Gasteiger partial charge < -0.3 is 10.6 Å². The van der Waals surface area contributed by atoms with E-state index < -0.39 is 0 Å². The maximum atomic E-state index is 9.16. The zero-order chi connectivity index (χ0) is 17.1. The summed E-state index contributed by atoms with van der Waals surface area (Å²) in [6.45, 7) is 14.3. The van der Waals surface area contributed by atoms with Crippen molar-refractivity contribution < 1.29 is 0 Å². The summed E-state index contributed by atoms with van der Waals surface area (Å²) in [5, 5.41) is 24.7. The molecule has 0 spiro atoms. The van der Waals surface area contributed by atoms with Crippen LogP contribution in [0.15, 0.2) is 70.5 Å². The Labute approximate surface area is 139 Å². The maximum Gasteiger partial charge on any atom is 0.269 e. The fraction of sp³-hybridized carbons (Fsp3) is 0.111. The van der Waals surface area contributed by atoms with E-state index in [2.05, 4.69) is 20.3 Å². The number of nitrogens with one attached hydrogen (secondary N) is 2. The number of nitriles is 2. The predicted molar refractivity (Wildman–Crippen MR) is 86.5 cm³/mol. The Kier molecular flexibility index (Phi) is 3.74. The van der Waals surface area contributed by atoms with Gasteiger partial charge in [0.2, 0.25) is 0 Å². The van der Waals surface area contributed by atoms with E-state index in [0.717, 1.165) is 11.3 Å². The molecule has 0 aromatic carbocycles. The normalized spacial score (nSPS) is 27.2. The molecule has 2 N–H and O–H groups in total. The minimum Gasteiger partial charge on any atom is -0.382 e. The maximum absolute atomic E-state index is 9.16. The summed E-state index contributed by atoms with van der Waals surface area (Å²) in [6.07, 6.45) is 10.6. The molecule has 24 heavy (non-hydrogen) atoms. The molecule has 0 fully saturated rings. The molecule has 0 aromatic heterocycles. The molecular weight excluding hydrogens is 300 g/mol. The molecule has 6 nitrogen and oxygen atoms in total. The first kappa shape index (κ1) is 14.9. The van der Waals surface area contributed by atoms with E-state index in [4.69, 9.17) is 23.7 Å². The van der Waals surface area contributed by atoms with Crippen molar-refractivity contribution in [3.05, 3.63) is 93.3 Å². The first-order valence-corrected chi connectivity index (χ1v) is 7.07. The molecule has 2 atom stereocenters. The van der Waals surface area contributed by atoms with E-state index in [1.807, 2.05) is 24.3 Å². The number of hydrogen-bond donors (Lipinski definition) is 2. The fourth-order valence-electron chi connectivity index (χ4n) is 3.02. The fourth-order valence-corrected chi connectivity index (χ4v) is 3.02. The van der Waals surface area contributed by atoms with Crippen molar-refractivity contribution >= 4 is 0 Å². The molecule has 0 bridgehead atoms. The second kappa shape index (κ2) is 6.01. The summed E-state index contributed by atoms with van der Waals surface area (Å²) < 4.78 is 0. The van der Waals surface area contributed by atoms with Gasteiger partial charge in [0.05, 0.1) is 31.3 Å². The van der Waals surface area contributed by atoms with Crippen LogP contribution in [0.4, 0.5) is 0 Å². The molecule has 6 heteroatoms. The Morgan fingerprint density at radius 3 is 2.46 bits per heavy atom. The lowest BCUT2D eigenvalue weighted by molar-refractivity contribution is 0.517. The van der Waals surface area contributed by atoms with Crippen molar-refractivity contribution in [1.29, 1.82) is 10.5 Å². The Balaban J connectivity index is 2.14. The molecular formula is C18H10N6. The molecule has 0 saturated carbocycles. The number of rotatable bonds is 0. The molecule has 0 radical (unpaired) electrons. The lowest BCUT2D eigenvalue weighted by Gasteiger charge is -2.37. The second-order valence-electron chi connectivity index (χ2n) is 5.18. The Morgan fingerprint density at radius 2 is 1.79 bits per heavy atom. The van der Waals surface area contributed by atoms with Crippen LogP contribution in [0.3, 0.4) is 0 Å². The Morgan fingerprint density at radius 1 is 1.04 bits per heavy atom. The summed E-state index contributed by atoms with van der Waals surface area (Å²) in [5.74, 6) is -0.170. The predicted octanol–water partition coefficient (Wildman–Crippen LogP) is 2.42. The smallest absolute Gasteiger partial charge is 0.269 e. The van der Waals surface area contributed by atoms with Gasteiger partial charge in [-0.3, -0.25) is 0 Å². The van der Waals surface area contributed by atoms with Crippen molar-refractivity contribution in [2.24, 2.45) is 5.92 Å². The van der Waals surface area contributed by atoms with Crippen LogP contribution in [0.1, 0.15) is 0 Å². The van der Waals surface area contributed by atoms with Crippen LogP contribution in [-0.2, 0) is 0 Å². The van der Waals surface area contributed by atoms with Gasteiger partial charge in [0.15, 0.2) is 0 Å². The topological polar surface area (TPSA) is 80.4 Å². The summed E-state index contributed by atoms with van der Waals surface area (Å²) >= 11 is 0. The third-order valence-electron chi connectivity index (χ3n) is 4.07. The highest BCUT2D eigenvalue weighted by Crippen LogP contribution is 2.37. The van der Waals surface area contributed by atoms with Gasteiger partial charge >= 0.3 is 0 Å². The van der Waals surface area contributed by atoms with E-state index in [9.17, 15) is 0 Å². The standard InChI is InChI=1S/C18H10N6/c1-21-15(9-19)11-5-7-23-17-13(11)3-4-14-12(16(10-20)22-2)6-8-24-18(14)17/h3-8,13,17,23-24H/b15-11-,16-12+. The van der Waals surface area contributed by atoms with E-state index in [1.54, 1.807) is 24.6 Å². The first-order chi connectivity index (χ1) is 11.7. The lowest BCUT2D eigenvalue weighted by atomic mass is 9.78. The van der Waals surface area contributed by atoms with Crippen molar-refractivity contribution in [2.45, 2.75) is 6.04 Å². The van der Waals surface area contributed by atoms with E-state index >= 15 is 0 Å². The Bertz CT molecular complexity index is 925. The van der Waals surface area contributed by atoms with Crippen LogP contribution >= 0.6 is 0 Å². The molecule has 2 unspecified atom stereocenters. The monoisotopic (exact) mass is 310 g/mol. The highest BCUT2D eigenvalue weighted by molar-refractivity contribution is 5.62. The highest BCUT2D eigenvalue weighted by Gasteiger charge is 2.34. The largest absolute Gasteiger partial charge is 0.382 e. The minimum atomic E-state index is -0.194. The average molecular weight is 310 g/mol. The summed E-state index contributed by atoms with van der Waals surface area (Å²) in [5.41, 5.74) is 2.92. The van der Waals surface area contributed by atoms with E-state index in [0.29, 0.717) is 11.1 Å². The van der Waals surface area contributed by atoms with Gasteiger partial charge in [-0.1, -0.05) is 18.2 Å². The van der Waals surface area contributed by atoms with Crippen LogP contribution < -0.4 is 10.6 Å². The number of allylic oxidation sites excluding steroid dienone is 7. The van der Waals surface area contributed by atoms with Gasteiger partial charge in [-0.25, -0.2) is 20.2 Å². The molecule has 0 aromatic rings. The van der Waals surface area contributed by atoms with Gasteiger partial charge in [0, 0.05) is 23.4 Å². The molecule has 1 aliphatic carbocycles. The number of hydrogen-bond acceptors (Lipinski definition) is 4. The van der Waals surface area contributed by atoms with Gasteiger partial charge in [-0.2, -0.15) is 0 Å². The zero-order valence-electron chi connectivity index (χ0n) is 12.4. The molecule has 112 valence electrons. The Hall–Kier alpha value is -4.00. The van der Waals surface area contributed by atoms with Crippen molar-refractivity contribution in [3.8, 4) is 12.1 Å². The van der Waals surface area contributed by atoms with Crippen LogP contribution in [0.25, 0.3) is 9.69 Å². The van der Waals surface area contributed by atoms with Gasteiger partial charge in [0.1, 0.15) is 0 Å². The second-order valence-corrected chi connectivity index (χ2v) is 5.18. The first-order valence-electron chi connectivity index (χ1n) is 7.07. The lowest BCUT2D eigenvalue weighted by Crippen LogP contribution is -2.44. The average Bonchev–Trinajstić information content (AvgIpc) is 2.64.